The summed E-state index contributed by atoms with van der Waals surface area (Å²) in [5.41, 5.74) is -1.31. The second-order valence-electron chi connectivity index (χ2n) is 18.1. The lowest BCUT2D eigenvalue weighted by Crippen LogP contribution is -2.71. The largest absolute Gasteiger partial charge is 0.488 e. The lowest BCUT2D eigenvalue weighted by atomic mass is 9.55. The van der Waals surface area contributed by atoms with Crippen molar-refractivity contribution in [3.8, 4) is 5.75 Å². The predicted octanol–water partition coefficient (Wildman–Crippen LogP) is 8.24. The first-order chi connectivity index (χ1) is 22.6. The van der Waals surface area contributed by atoms with Gasteiger partial charge in [-0.05, 0) is 125 Å². The zero-order valence-corrected chi connectivity index (χ0v) is 29.5. The maximum atomic E-state index is 7.42. The first-order valence-electron chi connectivity index (χ1n) is 19.3. The molecule has 4 bridgehead atoms. The number of hydrogen-bond donors (Lipinski definition) is 0. The van der Waals surface area contributed by atoms with Gasteiger partial charge in [-0.3, -0.25) is 0 Å². The number of ether oxygens (including phenoxy) is 3. The molecular weight excluding hydrogens is 592 g/mol. The molecule has 6 heterocycles. The number of benzene rings is 1. The minimum Gasteiger partial charge on any atom is -0.488 e. The van der Waals surface area contributed by atoms with Crippen LogP contribution in [0.1, 0.15) is 112 Å². The molecule has 7 nitrogen and oxygen atoms in total. The van der Waals surface area contributed by atoms with Crippen LogP contribution in [0.3, 0.4) is 0 Å². The minimum atomic E-state index is -0.373. The van der Waals surface area contributed by atoms with E-state index in [1.165, 1.54) is 12.8 Å². The van der Waals surface area contributed by atoms with Gasteiger partial charge < -0.3 is 14.2 Å². The molecule has 0 aromatic heterocycles. The Bertz CT molecular complexity index is 1320. The summed E-state index contributed by atoms with van der Waals surface area (Å²) >= 11 is 0. The number of rotatable bonds is 5. The van der Waals surface area contributed by atoms with E-state index >= 15 is 0 Å². The van der Waals surface area contributed by atoms with Gasteiger partial charge in [-0.15, -0.1) is 0 Å². The fraction of sp³-hybridized carbons (Fsp3) is 0.850. The lowest BCUT2D eigenvalue weighted by Gasteiger charge is -2.63. The van der Waals surface area contributed by atoms with E-state index in [2.05, 4.69) is 71.9 Å². The van der Waals surface area contributed by atoms with Gasteiger partial charge in [0.05, 0.1) is 24.4 Å². The Morgan fingerprint density at radius 2 is 1.21 bits per heavy atom. The van der Waals surface area contributed by atoms with Crippen LogP contribution in [0.2, 0.25) is 0 Å². The average Bonchev–Trinajstić information content (AvgIpc) is 3.43. The normalized spacial score (nSPS) is 55.3. The summed E-state index contributed by atoms with van der Waals surface area (Å²) in [6.07, 6.45) is 11.6. The SMILES string of the molecule is C[C@H]1[C@@H](C[C@H](Oc2ccccc2)C2O[C@@H]3C[C@]4(C)CC[C@H]5[C@H](C)CC[C@@H]([C@H]2C)[C@@]35OO4)O[C@@H]2C[C@]3(C)CC[C@H]4[C@H](C)CC[C@@H]1[C@@]24OO3. The van der Waals surface area contributed by atoms with E-state index < -0.39 is 0 Å². The highest BCUT2D eigenvalue weighted by Gasteiger charge is 2.70. The van der Waals surface area contributed by atoms with Crippen LogP contribution in [0.15, 0.2) is 30.3 Å². The van der Waals surface area contributed by atoms with Crippen molar-refractivity contribution in [1.29, 1.82) is 0 Å². The number of fused-ring (bicyclic) bond motifs is 4. The van der Waals surface area contributed by atoms with E-state index in [-0.39, 0.29) is 58.8 Å². The molecule has 7 heteroatoms. The van der Waals surface area contributed by atoms with E-state index in [4.69, 9.17) is 33.8 Å². The highest BCUT2D eigenvalue weighted by atomic mass is 17.2. The zero-order chi connectivity index (χ0) is 32.3. The summed E-state index contributed by atoms with van der Waals surface area (Å²) in [6.45, 7) is 14.1. The summed E-state index contributed by atoms with van der Waals surface area (Å²) in [6, 6.07) is 10.4. The second-order valence-corrected chi connectivity index (χ2v) is 18.1. The van der Waals surface area contributed by atoms with Crippen molar-refractivity contribution in [2.24, 2.45) is 47.3 Å². The first-order valence-corrected chi connectivity index (χ1v) is 19.3. The standard InChI is InChI=1S/C40H58O7/c1-23-12-14-30-25(3)32(42-34-21-37(5)18-16-28(23)39(30,34)46-44-37)20-33(41-27-10-8-7-9-11-27)36-26(4)31-15-13-24(2)29-17-19-38(6)22-35(43-36)40(29,31)47-45-38/h7-11,23-26,28-36H,12-22H2,1-6H3/t23-,24-,25-,26-,28+,29+,30+,31+,32-,33+,34-,35-,36?,37+,38+,39-,40-/m1/s1. The molecule has 4 saturated carbocycles. The van der Waals surface area contributed by atoms with Crippen molar-refractivity contribution in [1.82, 2.24) is 0 Å². The van der Waals surface area contributed by atoms with Gasteiger partial charge in [0.25, 0.3) is 0 Å². The van der Waals surface area contributed by atoms with E-state index in [0.29, 0.717) is 41.4 Å². The van der Waals surface area contributed by atoms with Crippen LogP contribution in [0.4, 0.5) is 0 Å². The van der Waals surface area contributed by atoms with Gasteiger partial charge in [0.2, 0.25) is 0 Å². The summed E-state index contributed by atoms with van der Waals surface area (Å²) < 4.78 is 21.9. The van der Waals surface area contributed by atoms with Crippen molar-refractivity contribution < 1.29 is 33.8 Å². The third-order valence-corrected chi connectivity index (χ3v) is 15.4. The fourth-order valence-corrected chi connectivity index (χ4v) is 12.9. The average molecular weight is 651 g/mol. The van der Waals surface area contributed by atoms with Crippen molar-refractivity contribution in [2.45, 2.75) is 165 Å². The van der Waals surface area contributed by atoms with Gasteiger partial charge >= 0.3 is 0 Å². The Morgan fingerprint density at radius 1 is 0.660 bits per heavy atom. The third kappa shape index (κ3) is 4.65. The van der Waals surface area contributed by atoms with Crippen LogP contribution in [0.25, 0.3) is 0 Å². The van der Waals surface area contributed by atoms with Crippen LogP contribution in [0, 0.1) is 47.3 Å². The maximum Gasteiger partial charge on any atom is 0.136 e. The maximum absolute atomic E-state index is 7.42. The van der Waals surface area contributed by atoms with E-state index in [1.54, 1.807) is 0 Å². The van der Waals surface area contributed by atoms with Crippen LogP contribution in [-0.2, 0) is 29.0 Å². The van der Waals surface area contributed by atoms with Crippen LogP contribution in [-0.4, -0.2) is 52.9 Å². The van der Waals surface area contributed by atoms with Gasteiger partial charge in [-0.2, -0.15) is 0 Å². The summed E-state index contributed by atoms with van der Waals surface area (Å²) in [4.78, 5) is 25.9. The molecule has 1 unspecified atom stereocenters. The molecule has 6 aliphatic heterocycles. The molecule has 0 N–H and O–H groups in total. The first kappa shape index (κ1) is 31.7. The van der Waals surface area contributed by atoms with E-state index in [1.807, 2.05) is 0 Å². The Balaban J connectivity index is 1.06. The molecule has 6 saturated heterocycles. The van der Waals surface area contributed by atoms with Crippen molar-refractivity contribution >= 4 is 0 Å². The predicted molar refractivity (Wildman–Crippen MR) is 176 cm³/mol. The van der Waals surface area contributed by atoms with Gasteiger partial charge in [-0.1, -0.05) is 45.9 Å². The second kappa shape index (κ2) is 11.1. The molecule has 4 aliphatic carbocycles. The van der Waals surface area contributed by atoms with Crippen molar-refractivity contribution in [3.05, 3.63) is 30.3 Å². The smallest absolute Gasteiger partial charge is 0.136 e. The van der Waals surface area contributed by atoms with Gasteiger partial charge in [0, 0.05) is 19.3 Å². The summed E-state index contributed by atoms with van der Waals surface area (Å²) in [5.74, 6) is 4.42. The molecule has 1 aromatic carbocycles. The third-order valence-electron chi connectivity index (χ3n) is 15.4. The van der Waals surface area contributed by atoms with Crippen LogP contribution in [0.5, 0.6) is 5.75 Å². The molecule has 2 spiro atoms. The monoisotopic (exact) mass is 650 g/mol. The molecule has 0 radical (unpaired) electrons. The topological polar surface area (TPSA) is 64.6 Å². The molecule has 47 heavy (non-hydrogen) atoms. The molecule has 10 fully saturated rings. The Kier molecular flexibility index (Phi) is 7.52. The Morgan fingerprint density at radius 3 is 1.81 bits per heavy atom. The quantitative estimate of drug-likeness (QED) is 0.298. The van der Waals surface area contributed by atoms with Gasteiger partial charge in [-0.25, -0.2) is 19.6 Å². The number of hydrogen-bond acceptors (Lipinski definition) is 7. The lowest BCUT2D eigenvalue weighted by molar-refractivity contribution is -0.490. The molecule has 11 rings (SSSR count). The molecule has 0 amide bonds. The number of para-hydroxylation sites is 1. The minimum absolute atomic E-state index is 0.00113. The zero-order valence-electron chi connectivity index (χ0n) is 29.5. The van der Waals surface area contributed by atoms with E-state index in [9.17, 15) is 0 Å². The highest BCUT2D eigenvalue weighted by molar-refractivity contribution is 5.23. The summed E-state index contributed by atoms with van der Waals surface area (Å²) in [7, 11) is 0. The molecule has 1 aromatic rings. The van der Waals surface area contributed by atoms with Gasteiger partial charge in [0.1, 0.15) is 34.3 Å². The summed E-state index contributed by atoms with van der Waals surface area (Å²) in [5, 5.41) is 0. The van der Waals surface area contributed by atoms with Gasteiger partial charge in [0.15, 0.2) is 0 Å². The van der Waals surface area contributed by atoms with E-state index in [0.717, 1.165) is 63.5 Å². The highest BCUT2D eigenvalue weighted by Crippen LogP contribution is 2.64. The van der Waals surface area contributed by atoms with Crippen LogP contribution >= 0.6 is 0 Å². The molecule has 10 aliphatic rings. The van der Waals surface area contributed by atoms with Crippen molar-refractivity contribution in [2.75, 3.05) is 0 Å². The fourth-order valence-electron chi connectivity index (χ4n) is 12.9. The van der Waals surface area contributed by atoms with Crippen molar-refractivity contribution in [3.63, 3.8) is 0 Å². The molecular formula is C40H58O7. The Hall–Kier alpha value is -1.22. The molecule has 260 valence electrons. The molecule has 17 atom stereocenters. The Labute approximate surface area is 281 Å². The van der Waals surface area contributed by atoms with Crippen LogP contribution < -0.4 is 4.74 Å².